The maximum absolute atomic E-state index is 5.56. The molecular formula is C11H15NO2. The summed E-state index contributed by atoms with van der Waals surface area (Å²) in [5, 5.41) is 0. The van der Waals surface area contributed by atoms with Crippen molar-refractivity contribution in [3.8, 4) is 5.75 Å². The van der Waals surface area contributed by atoms with E-state index in [-0.39, 0.29) is 6.10 Å². The number of hydrogen-bond acceptors (Lipinski definition) is 3. The van der Waals surface area contributed by atoms with Gasteiger partial charge in [-0.1, -0.05) is 0 Å². The first-order valence-electron chi connectivity index (χ1n) is 4.94. The number of nitrogen functional groups attached to an aromatic ring is 1. The topological polar surface area (TPSA) is 44.5 Å². The van der Waals surface area contributed by atoms with E-state index in [2.05, 4.69) is 0 Å². The molecule has 14 heavy (non-hydrogen) atoms. The Balaban J connectivity index is 1.82. The standard InChI is InChI=1S/C11H15NO2/c12-9-3-5-10(6-4-9)14-8-11-2-1-7-13-11/h3-6,11H,1-2,7-8,12H2/t11-/m0/s1. The van der Waals surface area contributed by atoms with Crippen molar-refractivity contribution in [3.63, 3.8) is 0 Å². The Morgan fingerprint density at radius 3 is 2.79 bits per heavy atom. The molecule has 3 heteroatoms. The van der Waals surface area contributed by atoms with Gasteiger partial charge in [0.2, 0.25) is 0 Å². The molecule has 1 aromatic carbocycles. The molecule has 3 nitrogen and oxygen atoms in total. The summed E-state index contributed by atoms with van der Waals surface area (Å²) in [4.78, 5) is 0. The van der Waals surface area contributed by atoms with Gasteiger partial charge < -0.3 is 15.2 Å². The van der Waals surface area contributed by atoms with Crippen LogP contribution in [0.5, 0.6) is 5.75 Å². The largest absolute Gasteiger partial charge is 0.491 e. The van der Waals surface area contributed by atoms with Crippen LogP contribution in [0, 0.1) is 0 Å². The van der Waals surface area contributed by atoms with Crippen LogP contribution in [-0.2, 0) is 4.74 Å². The van der Waals surface area contributed by atoms with Gasteiger partial charge in [0.25, 0.3) is 0 Å². The van der Waals surface area contributed by atoms with Gasteiger partial charge in [0.05, 0.1) is 6.10 Å². The first-order chi connectivity index (χ1) is 6.84. The molecule has 0 radical (unpaired) electrons. The molecule has 1 fully saturated rings. The van der Waals surface area contributed by atoms with Crippen molar-refractivity contribution >= 4 is 5.69 Å². The minimum atomic E-state index is 0.271. The van der Waals surface area contributed by atoms with Crippen LogP contribution in [-0.4, -0.2) is 19.3 Å². The molecule has 2 rings (SSSR count). The normalized spacial score (nSPS) is 21.0. The molecule has 0 bridgehead atoms. The Kier molecular flexibility index (Phi) is 2.89. The number of ether oxygens (including phenoxy) is 2. The van der Waals surface area contributed by atoms with E-state index in [1.54, 1.807) is 0 Å². The molecule has 1 aliphatic heterocycles. The van der Waals surface area contributed by atoms with Crippen molar-refractivity contribution in [2.24, 2.45) is 0 Å². The molecule has 1 atom stereocenters. The second-order valence-corrected chi connectivity index (χ2v) is 3.52. The number of benzene rings is 1. The average molecular weight is 193 g/mol. The molecule has 1 saturated heterocycles. The third-order valence-electron chi connectivity index (χ3n) is 2.34. The lowest BCUT2D eigenvalue weighted by atomic mass is 10.2. The third kappa shape index (κ3) is 2.39. The van der Waals surface area contributed by atoms with E-state index in [0.29, 0.717) is 6.61 Å². The van der Waals surface area contributed by atoms with Gasteiger partial charge in [0.1, 0.15) is 12.4 Å². The zero-order valence-electron chi connectivity index (χ0n) is 8.11. The van der Waals surface area contributed by atoms with Crippen molar-refractivity contribution in [1.29, 1.82) is 0 Å². The summed E-state index contributed by atoms with van der Waals surface area (Å²) < 4.78 is 11.0. The van der Waals surface area contributed by atoms with E-state index in [1.807, 2.05) is 24.3 Å². The molecular weight excluding hydrogens is 178 g/mol. The molecule has 0 aliphatic carbocycles. The zero-order valence-corrected chi connectivity index (χ0v) is 8.11. The van der Waals surface area contributed by atoms with Crippen LogP contribution in [0.4, 0.5) is 5.69 Å². The summed E-state index contributed by atoms with van der Waals surface area (Å²) in [6, 6.07) is 7.43. The highest BCUT2D eigenvalue weighted by atomic mass is 16.5. The summed E-state index contributed by atoms with van der Waals surface area (Å²) in [5.74, 6) is 0.856. The molecule has 2 N–H and O–H groups in total. The van der Waals surface area contributed by atoms with E-state index in [1.165, 1.54) is 0 Å². The molecule has 76 valence electrons. The Morgan fingerprint density at radius 2 is 2.14 bits per heavy atom. The van der Waals surface area contributed by atoms with Crippen LogP contribution in [0.25, 0.3) is 0 Å². The van der Waals surface area contributed by atoms with Crippen LogP contribution in [0.15, 0.2) is 24.3 Å². The lowest BCUT2D eigenvalue weighted by Gasteiger charge is -2.11. The second-order valence-electron chi connectivity index (χ2n) is 3.52. The number of nitrogens with two attached hydrogens (primary N) is 1. The number of hydrogen-bond donors (Lipinski definition) is 1. The first-order valence-corrected chi connectivity index (χ1v) is 4.94. The van der Waals surface area contributed by atoms with E-state index >= 15 is 0 Å². The predicted octanol–water partition coefficient (Wildman–Crippen LogP) is 1.83. The quantitative estimate of drug-likeness (QED) is 0.745. The fraction of sp³-hybridized carbons (Fsp3) is 0.455. The third-order valence-corrected chi connectivity index (χ3v) is 2.34. The Morgan fingerprint density at radius 1 is 1.36 bits per heavy atom. The summed E-state index contributed by atoms with van der Waals surface area (Å²) in [5.41, 5.74) is 6.32. The molecule has 0 unspecified atom stereocenters. The average Bonchev–Trinajstić information content (AvgIpc) is 2.70. The SMILES string of the molecule is Nc1ccc(OC[C@@H]2CCCO2)cc1. The Bertz CT molecular complexity index is 278. The molecule has 0 spiro atoms. The van der Waals surface area contributed by atoms with Gasteiger partial charge in [-0.05, 0) is 37.1 Å². The summed E-state index contributed by atoms with van der Waals surface area (Å²) in [6.07, 6.45) is 2.53. The van der Waals surface area contributed by atoms with Crippen LogP contribution < -0.4 is 10.5 Å². The monoisotopic (exact) mass is 193 g/mol. The Hall–Kier alpha value is -1.22. The fourth-order valence-electron chi connectivity index (χ4n) is 1.53. The fourth-order valence-corrected chi connectivity index (χ4v) is 1.53. The van der Waals surface area contributed by atoms with E-state index in [4.69, 9.17) is 15.2 Å². The molecule has 0 aromatic heterocycles. The van der Waals surface area contributed by atoms with E-state index < -0.39 is 0 Å². The van der Waals surface area contributed by atoms with Crippen molar-refractivity contribution in [3.05, 3.63) is 24.3 Å². The molecule has 1 aromatic rings. The highest BCUT2D eigenvalue weighted by molar-refractivity contribution is 5.41. The van der Waals surface area contributed by atoms with Crippen LogP contribution in [0.1, 0.15) is 12.8 Å². The minimum Gasteiger partial charge on any atom is -0.491 e. The maximum Gasteiger partial charge on any atom is 0.119 e. The number of rotatable bonds is 3. The molecule has 0 amide bonds. The van der Waals surface area contributed by atoms with E-state index in [0.717, 1.165) is 30.9 Å². The van der Waals surface area contributed by atoms with Gasteiger partial charge in [-0.25, -0.2) is 0 Å². The number of anilines is 1. The highest BCUT2D eigenvalue weighted by Gasteiger charge is 2.15. The zero-order chi connectivity index (χ0) is 9.80. The highest BCUT2D eigenvalue weighted by Crippen LogP contribution is 2.16. The minimum absolute atomic E-state index is 0.271. The van der Waals surface area contributed by atoms with Gasteiger partial charge in [0.15, 0.2) is 0 Å². The Labute approximate surface area is 83.8 Å². The predicted molar refractivity (Wildman–Crippen MR) is 55.3 cm³/mol. The molecule has 0 saturated carbocycles. The van der Waals surface area contributed by atoms with Crippen LogP contribution >= 0.6 is 0 Å². The molecule has 1 aliphatic rings. The molecule has 1 heterocycles. The van der Waals surface area contributed by atoms with Crippen molar-refractivity contribution < 1.29 is 9.47 Å². The van der Waals surface area contributed by atoms with Crippen molar-refractivity contribution in [2.75, 3.05) is 18.9 Å². The van der Waals surface area contributed by atoms with Gasteiger partial charge in [-0.3, -0.25) is 0 Å². The lowest BCUT2D eigenvalue weighted by Crippen LogP contribution is -2.16. The van der Waals surface area contributed by atoms with Crippen molar-refractivity contribution in [1.82, 2.24) is 0 Å². The smallest absolute Gasteiger partial charge is 0.119 e. The van der Waals surface area contributed by atoms with Gasteiger partial charge in [-0.2, -0.15) is 0 Å². The van der Waals surface area contributed by atoms with Gasteiger partial charge >= 0.3 is 0 Å². The summed E-state index contributed by atoms with van der Waals surface area (Å²) in [7, 11) is 0. The first kappa shape index (κ1) is 9.34. The van der Waals surface area contributed by atoms with Crippen molar-refractivity contribution in [2.45, 2.75) is 18.9 Å². The van der Waals surface area contributed by atoms with Crippen LogP contribution in [0.3, 0.4) is 0 Å². The van der Waals surface area contributed by atoms with Crippen LogP contribution in [0.2, 0.25) is 0 Å². The second kappa shape index (κ2) is 4.33. The maximum atomic E-state index is 5.56. The van der Waals surface area contributed by atoms with Gasteiger partial charge in [-0.15, -0.1) is 0 Å². The van der Waals surface area contributed by atoms with E-state index in [9.17, 15) is 0 Å². The lowest BCUT2D eigenvalue weighted by molar-refractivity contribution is 0.0679. The van der Waals surface area contributed by atoms with Gasteiger partial charge in [0, 0.05) is 12.3 Å². The summed E-state index contributed by atoms with van der Waals surface area (Å²) >= 11 is 0. The summed E-state index contributed by atoms with van der Waals surface area (Å²) in [6.45, 7) is 1.51.